The van der Waals surface area contributed by atoms with Crippen LogP contribution >= 0.6 is 0 Å². The van der Waals surface area contributed by atoms with Gasteiger partial charge in [-0.15, -0.1) is 0 Å². The van der Waals surface area contributed by atoms with Crippen LogP contribution < -0.4 is 0 Å². The van der Waals surface area contributed by atoms with Crippen molar-refractivity contribution in [1.82, 2.24) is 4.57 Å². The van der Waals surface area contributed by atoms with Gasteiger partial charge in [0.1, 0.15) is 0 Å². The van der Waals surface area contributed by atoms with Gasteiger partial charge in [0.2, 0.25) is 0 Å². The molecule has 94 valence electrons. The molecule has 1 heteroatoms. The molecule has 0 radical (unpaired) electrons. The Labute approximate surface area is 109 Å². The molecule has 0 atom stereocenters. The summed E-state index contributed by atoms with van der Waals surface area (Å²) < 4.78 is 2.43. The average molecular weight is 239 g/mol. The molecule has 0 amide bonds. The number of rotatable bonds is 2. The minimum atomic E-state index is 0.204. The highest BCUT2D eigenvalue weighted by Gasteiger charge is 2.34. The molecule has 1 nitrogen and oxygen atoms in total. The minimum Gasteiger partial charge on any atom is -0.344 e. The molecule has 1 aliphatic rings. The molecule has 3 rings (SSSR count). The lowest BCUT2D eigenvalue weighted by Gasteiger charge is -2.39. The quantitative estimate of drug-likeness (QED) is 0.727. The maximum absolute atomic E-state index is 2.43. The molecule has 1 aromatic carbocycles. The third-order valence-corrected chi connectivity index (χ3v) is 4.37. The van der Waals surface area contributed by atoms with Crippen LogP contribution in [0.1, 0.15) is 43.2 Å². The first-order valence-corrected chi connectivity index (χ1v) is 7.02. The number of hydrogen-bond donors (Lipinski definition) is 0. The Kier molecular flexibility index (Phi) is 2.99. The van der Waals surface area contributed by atoms with Gasteiger partial charge in [0, 0.05) is 12.4 Å². The molecule has 0 N–H and O–H groups in total. The molecule has 1 saturated carbocycles. The van der Waals surface area contributed by atoms with Crippen LogP contribution in [0.15, 0.2) is 48.8 Å². The van der Waals surface area contributed by atoms with Gasteiger partial charge in [-0.05, 0) is 37.5 Å². The Morgan fingerprint density at radius 3 is 2.11 bits per heavy atom. The van der Waals surface area contributed by atoms with E-state index in [1.807, 2.05) is 0 Å². The van der Waals surface area contributed by atoms with Crippen LogP contribution in [0.25, 0.3) is 0 Å². The van der Waals surface area contributed by atoms with Crippen LogP contribution in [-0.4, -0.2) is 4.57 Å². The van der Waals surface area contributed by atoms with Gasteiger partial charge in [-0.2, -0.15) is 0 Å². The Hall–Kier alpha value is -1.50. The fourth-order valence-corrected chi connectivity index (χ4v) is 3.32. The van der Waals surface area contributed by atoms with Crippen molar-refractivity contribution in [2.45, 2.75) is 44.6 Å². The van der Waals surface area contributed by atoms with Crippen molar-refractivity contribution in [3.05, 3.63) is 59.9 Å². The summed E-state index contributed by atoms with van der Waals surface area (Å²) in [5, 5.41) is 0. The van der Waals surface area contributed by atoms with E-state index in [4.69, 9.17) is 0 Å². The molecule has 18 heavy (non-hydrogen) atoms. The van der Waals surface area contributed by atoms with Gasteiger partial charge in [0.05, 0.1) is 5.54 Å². The number of aromatic nitrogens is 1. The summed E-state index contributed by atoms with van der Waals surface area (Å²) in [6.45, 7) is 2.16. The van der Waals surface area contributed by atoms with Crippen molar-refractivity contribution in [3.8, 4) is 0 Å². The zero-order chi connectivity index (χ0) is 12.4. The maximum atomic E-state index is 2.43. The smallest absolute Gasteiger partial charge is 0.0690 e. The number of nitrogens with zero attached hydrogens (tertiary/aromatic N) is 1. The minimum absolute atomic E-state index is 0.204. The molecule has 0 unspecified atom stereocenters. The zero-order valence-corrected chi connectivity index (χ0v) is 11.1. The van der Waals surface area contributed by atoms with Gasteiger partial charge in [0.15, 0.2) is 0 Å². The van der Waals surface area contributed by atoms with Crippen molar-refractivity contribution in [2.24, 2.45) is 0 Å². The summed E-state index contributed by atoms with van der Waals surface area (Å²) >= 11 is 0. The summed E-state index contributed by atoms with van der Waals surface area (Å²) in [5.41, 5.74) is 3.02. The highest BCUT2D eigenvalue weighted by atomic mass is 15.0. The predicted octanol–water partition coefficient (Wildman–Crippen LogP) is 4.50. The third-order valence-electron chi connectivity index (χ3n) is 4.37. The Balaban J connectivity index is 2.07. The third kappa shape index (κ3) is 1.88. The predicted molar refractivity (Wildman–Crippen MR) is 75.8 cm³/mol. The van der Waals surface area contributed by atoms with Crippen molar-refractivity contribution in [1.29, 1.82) is 0 Å². The van der Waals surface area contributed by atoms with E-state index in [2.05, 4.69) is 60.3 Å². The SMILES string of the molecule is Cc1ccc(C2(n3cccc3)CCCCC2)cc1. The van der Waals surface area contributed by atoms with Gasteiger partial charge in [-0.25, -0.2) is 0 Å². The summed E-state index contributed by atoms with van der Waals surface area (Å²) in [6, 6.07) is 13.4. The Bertz CT molecular complexity index is 487. The molecule has 1 heterocycles. The summed E-state index contributed by atoms with van der Waals surface area (Å²) in [4.78, 5) is 0. The summed E-state index contributed by atoms with van der Waals surface area (Å²) in [6.07, 6.45) is 11.1. The highest BCUT2D eigenvalue weighted by molar-refractivity contribution is 5.30. The lowest BCUT2D eigenvalue weighted by molar-refractivity contribution is 0.246. The topological polar surface area (TPSA) is 4.93 Å². The Morgan fingerprint density at radius 1 is 0.889 bits per heavy atom. The molecule has 0 spiro atoms. The lowest BCUT2D eigenvalue weighted by atomic mass is 9.76. The molecular weight excluding hydrogens is 218 g/mol. The fourth-order valence-electron chi connectivity index (χ4n) is 3.32. The average Bonchev–Trinajstić information content (AvgIpc) is 2.95. The van der Waals surface area contributed by atoms with Gasteiger partial charge < -0.3 is 4.57 Å². The maximum Gasteiger partial charge on any atom is 0.0690 e. The standard InChI is InChI=1S/C17H21N/c1-15-7-9-16(10-8-15)17(11-3-2-4-12-17)18-13-5-6-14-18/h5-10,13-14H,2-4,11-12H2,1H3. The second-order valence-corrected chi connectivity index (χ2v) is 5.55. The van der Waals surface area contributed by atoms with Crippen molar-refractivity contribution < 1.29 is 0 Å². The van der Waals surface area contributed by atoms with Crippen molar-refractivity contribution >= 4 is 0 Å². The van der Waals surface area contributed by atoms with Gasteiger partial charge >= 0.3 is 0 Å². The molecule has 1 fully saturated rings. The van der Waals surface area contributed by atoms with E-state index in [1.165, 1.54) is 43.2 Å². The molecule has 0 bridgehead atoms. The zero-order valence-electron chi connectivity index (χ0n) is 11.1. The molecule has 0 aliphatic heterocycles. The molecule has 1 aromatic heterocycles. The molecule has 0 saturated heterocycles. The van der Waals surface area contributed by atoms with Crippen LogP contribution in [-0.2, 0) is 5.54 Å². The number of benzene rings is 1. The monoisotopic (exact) mass is 239 g/mol. The Morgan fingerprint density at radius 2 is 1.50 bits per heavy atom. The molecule has 1 aliphatic carbocycles. The van der Waals surface area contributed by atoms with E-state index in [1.54, 1.807) is 0 Å². The largest absolute Gasteiger partial charge is 0.344 e. The lowest BCUT2D eigenvalue weighted by Crippen LogP contribution is -2.36. The number of hydrogen-bond acceptors (Lipinski definition) is 0. The van der Waals surface area contributed by atoms with E-state index in [0.717, 1.165) is 0 Å². The normalized spacial score (nSPS) is 18.7. The first-order chi connectivity index (χ1) is 8.81. The molecule has 2 aromatic rings. The van der Waals surface area contributed by atoms with Gasteiger partial charge in [0.25, 0.3) is 0 Å². The van der Waals surface area contributed by atoms with Crippen molar-refractivity contribution in [3.63, 3.8) is 0 Å². The van der Waals surface area contributed by atoms with Crippen molar-refractivity contribution in [2.75, 3.05) is 0 Å². The van der Waals surface area contributed by atoms with Gasteiger partial charge in [-0.1, -0.05) is 49.1 Å². The van der Waals surface area contributed by atoms with Crippen LogP contribution in [0.5, 0.6) is 0 Å². The first kappa shape index (κ1) is 11.6. The van der Waals surface area contributed by atoms with E-state index in [9.17, 15) is 0 Å². The van der Waals surface area contributed by atoms with E-state index in [-0.39, 0.29) is 5.54 Å². The second-order valence-electron chi connectivity index (χ2n) is 5.55. The second kappa shape index (κ2) is 4.64. The van der Waals surface area contributed by atoms with Crippen LogP contribution in [0.4, 0.5) is 0 Å². The summed E-state index contributed by atoms with van der Waals surface area (Å²) in [7, 11) is 0. The van der Waals surface area contributed by atoms with Crippen LogP contribution in [0.2, 0.25) is 0 Å². The van der Waals surface area contributed by atoms with E-state index >= 15 is 0 Å². The van der Waals surface area contributed by atoms with E-state index in [0.29, 0.717) is 0 Å². The number of aryl methyl sites for hydroxylation is 1. The van der Waals surface area contributed by atoms with Gasteiger partial charge in [-0.3, -0.25) is 0 Å². The fraction of sp³-hybridized carbons (Fsp3) is 0.412. The highest BCUT2D eigenvalue weighted by Crippen LogP contribution is 2.40. The summed E-state index contributed by atoms with van der Waals surface area (Å²) in [5.74, 6) is 0. The van der Waals surface area contributed by atoms with Crippen LogP contribution in [0, 0.1) is 6.92 Å². The molecular formula is C17H21N. The van der Waals surface area contributed by atoms with E-state index < -0.39 is 0 Å². The first-order valence-electron chi connectivity index (χ1n) is 7.02. The van der Waals surface area contributed by atoms with Crippen LogP contribution in [0.3, 0.4) is 0 Å².